The molecule has 0 atom stereocenters. The molecule has 2 aliphatic heterocycles. The van der Waals surface area contributed by atoms with Crippen molar-refractivity contribution in [3.63, 3.8) is 0 Å². The van der Waals surface area contributed by atoms with E-state index in [9.17, 15) is 14.0 Å². The summed E-state index contributed by atoms with van der Waals surface area (Å²) in [5.41, 5.74) is 4.96. The highest BCUT2D eigenvalue weighted by Gasteiger charge is 2.36. The summed E-state index contributed by atoms with van der Waals surface area (Å²) in [6.45, 7) is 0.745. The van der Waals surface area contributed by atoms with Crippen molar-refractivity contribution in [2.75, 3.05) is 0 Å². The fraction of sp³-hybridized carbons (Fsp3) is 0.130. The summed E-state index contributed by atoms with van der Waals surface area (Å²) in [4.78, 5) is 29.2. The SMILES string of the molecule is O=C1NC(=O)c2c1c1c3ccccc3[nH]c1c1c2c2ccc(F)c3c2n1CCC3.[HH]. The number of H-pyrrole nitrogens is 1. The van der Waals surface area contributed by atoms with E-state index in [0.717, 1.165) is 56.6 Å². The molecule has 0 fully saturated rings. The van der Waals surface area contributed by atoms with Gasteiger partial charge in [0.2, 0.25) is 0 Å². The molecule has 4 heterocycles. The summed E-state index contributed by atoms with van der Waals surface area (Å²) in [7, 11) is 0. The van der Waals surface area contributed by atoms with Gasteiger partial charge in [0.05, 0.1) is 27.7 Å². The fourth-order valence-corrected chi connectivity index (χ4v) is 5.40. The maximum Gasteiger partial charge on any atom is 0.259 e. The molecule has 0 radical (unpaired) electrons. The van der Waals surface area contributed by atoms with Crippen molar-refractivity contribution in [2.24, 2.45) is 0 Å². The third-order valence-corrected chi connectivity index (χ3v) is 6.45. The predicted octanol–water partition coefficient (Wildman–Crippen LogP) is 4.64. The summed E-state index contributed by atoms with van der Waals surface area (Å²) < 4.78 is 16.7. The number of hydrogen-bond donors (Lipinski definition) is 2. The molecule has 7 rings (SSSR count). The zero-order chi connectivity index (χ0) is 19.4. The average molecular weight is 385 g/mol. The Hall–Kier alpha value is -3.67. The van der Waals surface area contributed by atoms with Crippen molar-refractivity contribution < 1.29 is 15.4 Å². The van der Waals surface area contributed by atoms with E-state index in [2.05, 4.69) is 14.9 Å². The van der Waals surface area contributed by atoms with Crippen LogP contribution < -0.4 is 5.32 Å². The Morgan fingerprint density at radius 1 is 0.931 bits per heavy atom. The van der Waals surface area contributed by atoms with E-state index in [0.29, 0.717) is 23.1 Å². The fourth-order valence-electron chi connectivity index (χ4n) is 5.40. The van der Waals surface area contributed by atoms with Crippen molar-refractivity contribution >= 4 is 55.4 Å². The van der Waals surface area contributed by atoms with E-state index in [1.807, 2.05) is 24.3 Å². The summed E-state index contributed by atoms with van der Waals surface area (Å²) in [5.74, 6) is -0.975. The van der Waals surface area contributed by atoms with Gasteiger partial charge in [0.25, 0.3) is 11.8 Å². The van der Waals surface area contributed by atoms with Crippen LogP contribution >= 0.6 is 0 Å². The van der Waals surface area contributed by atoms with Gasteiger partial charge in [-0.3, -0.25) is 14.9 Å². The number of carbonyl (C=O) groups is 2. The minimum absolute atomic E-state index is 0. The summed E-state index contributed by atoms with van der Waals surface area (Å²) in [6.07, 6.45) is 1.50. The average Bonchev–Trinajstić information content (AvgIpc) is 3.35. The number of carbonyl (C=O) groups excluding carboxylic acids is 2. The van der Waals surface area contributed by atoms with Gasteiger partial charge in [0.15, 0.2) is 0 Å². The molecule has 0 saturated carbocycles. The van der Waals surface area contributed by atoms with E-state index in [1.54, 1.807) is 6.07 Å². The number of para-hydroxylation sites is 1. The van der Waals surface area contributed by atoms with E-state index < -0.39 is 0 Å². The maximum absolute atomic E-state index is 14.6. The molecule has 0 spiro atoms. The Bertz CT molecular complexity index is 1610. The number of hydrogen-bond acceptors (Lipinski definition) is 2. The van der Waals surface area contributed by atoms with Crippen LogP contribution in [-0.2, 0) is 13.0 Å². The molecule has 2 amide bonds. The Kier molecular flexibility index (Phi) is 2.55. The number of nitrogens with one attached hydrogen (secondary N) is 2. The number of aromatic nitrogens is 2. The standard InChI is InChI=1S/C23H14FN3O2.H2/c24-13-8-7-12-16-18-17(22(28)26-23(18)29)15-11-4-1-2-6-14(11)25-19(15)21(16)27-9-3-5-10(13)20(12)27;/h1-2,4,6-8,25H,3,5,9H2,(H,26,28,29);1H. The third kappa shape index (κ3) is 1.63. The molecular weight excluding hydrogens is 369 g/mol. The maximum atomic E-state index is 14.6. The number of benzene rings is 3. The zero-order valence-electron chi connectivity index (χ0n) is 15.2. The first-order chi connectivity index (χ1) is 14.1. The first-order valence-electron chi connectivity index (χ1n) is 9.70. The lowest BCUT2D eigenvalue weighted by atomic mass is 9.96. The van der Waals surface area contributed by atoms with E-state index in [1.165, 1.54) is 6.07 Å². The largest absolute Gasteiger partial charge is 0.353 e. The van der Waals surface area contributed by atoms with Crippen molar-refractivity contribution in [3.05, 3.63) is 58.9 Å². The second-order valence-electron chi connectivity index (χ2n) is 7.85. The summed E-state index contributed by atoms with van der Waals surface area (Å²) in [5, 5.41) is 5.72. The number of halogens is 1. The molecule has 0 saturated heterocycles. The molecule has 0 aliphatic carbocycles. The second-order valence-corrected chi connectivity index (χ2v) is 7.85. The first kappa shape index (κ1) is 15.3. The smallest absolute Gasteiger partial charge is 0.259 e. The highest BCUT2D eigenvalue weighted by molar-refractivity contribution is 6.39. The number of rotatable bonds is 0. The molecule has 142 valence electrons. The Morgan fingerprint density at radius 3 is 2.59 bits per heavy atom. The molecule has 0 unspecified atom stereocenters. The second kappa shape index (κ2) is 4.84. The van der Waals surface area contributed by atoms with Crippen LogP contribution in [0.5, 0.6) is 0 Å². The molecule has 5 nitrogen and oxygen atoms in total. The number of nitrogens with zero attached hydrogens (tertiary/aromatic N) is 1. The minimum Gasteiger partial charge on any atom is -0.353 e. The van der Waals surface area contributed by atoms with Crippen LogP contribution in [0.25, 0.3) is 43.6 Å². The number of imide groups is 1. The van der Waals surface area contributed by atoms with E-state index in [4.69, 9.17) is 0 Å². The van der Waals surface area contributed by atoms with Gasteiger partial charge in [0.1, 0.15) is 5.82 Å². The van der Waals surface area contributed by atoms with Crippen LogP contribution in [0.3, 0.4) is 0 Å². The van der Waals surface area contributed by atoms with Crippen LogP contribution in [0.1, 0.15) is 34.1 Å². The van der Waals surface area contributed by atoms with Crippen LogP contribution in [0.15, 0.2) is 36.4 Å². The van der Waals surface area contributed by atoms with Crippen molar-refractivity contribution in [1.29, 1.82) is 0 Å². The van der Waals surface area contributed by atoms with Crippen LogP contribution in [0, 0.1) is 5.82 Å². The van der Waals surface area contributed by atoms with Crippen LogP contribution in [0.4, 0.5) is 4.39 Å². The highest BCUT2D eigenvalue weighted by Crippen LogP contribution is 2.45. The van der Waals surface area contributed by atoms with E-state index >= 15 is 0 Å². The molecule has 2 aliphatic rings. The Labute approximate surface area is 164 Å². The summed E-state index contributed by atoms with van der Waals surface area (Å²) in [6, 6.07) is 11.0. The van der Waals surface area contributed by atoms with Crippen LogP contribution in [-0.4, -0.2) is 21.4 Å². The van der Waals surface area contributed by atoms with Gasteiger partial charge in [-0.15, -0.1) is 0 Å². The number of amides is 2. The minimum atomic E-state index is -0.383. The van der Waals surface area contributed by atoms with Gasteiger partial charge in [-0.2, -0.15) is 0 Å². The molecule has 6 heteroatoms. The topological polar surface area (TPSA) is 66.9 Å². The third-order valence-electron chi connectivity index (χ3n) is 6.45. The number of aromatic amines is 1. The van der Waals surface area contributed by atoms with Gasteiger partial charge in [-0.25, -0.2) is 4.39 Å². The molecular formula is C23H16FN3O2. The number of fused-ring (bicyclic) bond motifs is 10. The van der Waals surface area contributed by atoms with Crippen molar-refractivity contribution in [1.82, 2.24) is 14.9 Å². The van der Waals surface area contributed by atoms with Gasteiger partial charge < -0.3 is 9.55 Å². The van der Waals surface area contributed by atoms with Gasteiger partial charge in [-0.05, 0) is 31.0 Å². The van der Waals surface area contributed by atoms with Crippen molar-refractivity contribution in [2.45, 2.75) is 19.4 Å². The quantitative estimate of drug-likeness (QED) is 0.381. The van der Waals surface area contributed by atoms with Gasteiger partial charge >= 0.3 is 0 Å². The van der Waals surface area contributed by atoms with Gasteiger partial charge in [0, 0.05) is 40.6 Å². The lowest BCUT2D eigenvalue weighted by molar-refractivity contribution is 0.0880. The summed E-state index contributed by atoms with van der Waals surface area (Å²) >= 11 is 0. The Balaban J connectivity index is 0.00000175. The molecule has 29 heavy (non-hydrogen) atoms. The predicted molar refractivity (Wildman–Crippen MR) is 111 cm³/mol. The first-order valence-corrected chi connectivity index (χ1v) is 9.70. The molecule has 2 N–H and O–H groups in total. The zero-order valence-corrected chi connectivity index (χ0v) is 15.2. The molecule has 2 aromatic heterocycles. The van der Waals surface area contributed by atoms with E-state index in [-0.39, 0.29) is 19.1 Å². The normalized spacial score (nSPS) is 15.8. The molecule has 0 bridgehead atoms. The molecule has 3 aromatic carbocycles. The van der Waals surface area contributed by atoms with Crippen molar-refractivity contribution in [3.8, 4) is 0 Å². The Morgan fingerprint density at radius 2 is 1.72 bits per heavy atom. The lowest BCUT2D eigenvalue weighted by Gasteiger charge is -2.17. The highest BCUT2D eigenvalue weighted by atomic mass is 19.1. The van der Waals surface area contributed by atoms with Crippen LogP contribution in [0.2, 0.25) is 0 Å². The lowest BCUT2D eigenvalue weighted by Crippen LogP contribution is -2.20. The van der Waals surface area contributed by atoms with Gasteiger partial charge in [-0.1, -0.05) is 18.2 Å². The number of aryl methyl sites for hydroxylation is 2. The molecule has 5 aromatic rings. The monoisotopic (exact) mass is 385 g/mol.